The number of amides is 1. The molecule has 2 N–H and O–H groups in total. The highest BCUT2D eigenvalue weighted by Gasteiger charge is 2.58. The molecule has 1 aromatic heterocycles. The molecule has 138 valence electrons. The molecular weight excluding hydrogens is 322 g/mol. The third-order valence-electron chi connectivity index (χ3n) is 6.13. The van der Waals surface area contributed by atoms with Crippen molar-refractivity contribution in [2.24, 2.45) is 11.3 Å². The van der Waals surface area contributed by atoms with Gasteiger partial charge in [-0.15, -0.1) is 0 Å². The second-order valence-corrected chi connectivity index (χ2v) is 8.26. The molecule has 7 heteroatoms. The maximum absolute atomic E-state index is 12.7. The van der Waals surface area contributed by atoms with Crippen molar-refractivity contribution >= 4 is 5.91 Å². The zero-order chi connectivity index (χ0) is 17.8. The Hall–Kier alpha value is -1.44. The largest absolute Gasteiger partial charge is 0.391 e. The summed E-state index contributed by atoms with van der Waals surface area (Å²) in [6.07, 6.45) is 1.68. The van der Waals surface area contributed by atoms with Gasteiger partial charge in [0.05, 0.1) is 30.9 Å². The molecule has 2 aliphatic heterocycles. The predicted octanol–water partition coefficient (Wildman–Crippen LogP) is 0.957. The molecule has 0 radical (unpaired) electrons. The fourth-order valence-corrected chi connectivity index (χ4v) is 5.44. The minimum atomic E-state index is -0.516. The SMILES string of the molecule is CC(C)C1N(C)CC12C[C@@H](O)[C@H](NC(=O)c1noc3c1COCC3)C2. The van der Waals surface area contributed by atoms with E-state index in [4.69, 9.17) is 9.26 Å². The van der Waals surface area contributed by atoms with Gasteiger partial charge in [-0.05, 0) is 25.8 Å². The molecule has 1 saturated heterocycles. The van der Waals surface area contributed by atoms with Gasteiger partial charge < -0.3 is 24.6 Å². The highest BCUT2D eigenvalue weighted by molar-refractivity contribution is 5.94. The number of nitrogens with one attached hydrogen (secondary N) is 1. The predicted molar refractivity (Wildman–Crippen MR) is 90.0 cm³/mol. The number of aliphatic hydroxyl groups is 1. The molecule has 1 aromatic rings. The number of hydrogen-bond acceptors (Lipinski definition) is 6. The second kappa shape index (κ2) is 6.07. The first-order valence-electron chi connectivity index (χ1n) is 9.15. The average Bonchev–Trinajstić information content (AvgIpc) is 3.09. The summed E-state index contributed by atoms with van der Waals surface area (Å²) in [4.78, 5) is 15.0. The van der Waals surface area contributed by atoms with Crippen molar-refractivity contribution in [1.82, 2.24) is 15.4 Å². The van der Waals surface area contributed by atoms with E-state index in [1.807, 2.05) is 0 Å². The van der Waals surface area contributed by atoms with Crippen LogP contribution in [0.4, 0.5) is 0 Å². The second-order valence-electron chi connectivity index (χ2n) is 8.26. The van der Waals surface area contributed by atoms with Crippen molar-refractivity contribution in [1.29, 1.82) is 0 Å². The van der Waals surface area contributed by atoms with Crippen LogP contribution in [-0.2, 0) is 17.8 Å². The van der Waals surface area contributed by atoms with E-state index in [0.717, 1.165) is 30.7 Å². The quantitative estimate of drug-likeness (QED) is 0.845. The van der Waals surface area contributed by atoms with Crippen molar-refractivity contribution in [3.8, 4) is 0 Å². The number of aliphatic hydroxyl groups excluding tert-OH is 1. The van der Waals surface area contributed by atoms with Crippen LogP contribution in [0.3, 0.4) is 0 Å². The summed E-state index contributed by atoms with van der Waals surface area (Å²) < 4.78 is 10.7. The minimum Gasteiger partial charge on any atom is -0.391 e. The topological polar surface area (TPSA) is 87.8 Å². The Balaban J connectivity index is 1.47. The van der Waals surface area contributed by atoms with E-state index in [-0.39, 0.29) is 17.4 Å². The fourth-order valence-electron chi connectivity index (χ4n) is 5.44. The van der Waals surface area contributed by atoms with Gasteiger partial charge >= 0.3 is 0 Å². The summed E-state index contributed by atoms with van der Waals surface area (Å²) >= 11 is 0. The molecule has 1 saturated carbocycles. The van der Waals surface area contributed by atoms with E-state index >= 15 is 0 Å². The molecule has 0 bridgehead atoms. The molecule has 1 spiro atoms. The molecular formula is C18H27N3O4. The van der Waals surface area contributed by atoms with Gasteiger partial charge in [-0.25, -0.2) is 0 Å². The van der Waals surface area contributed by atoms with Gasteiger partial charge in [0, 0.05) is 24.4 Å². The number of fused-ring (bicyclic) bond motifs is 1. The van der Waals surface area contributed by atoms with Gasteiger partial charge in [-0.1, -0.05) is 19.0 Å². The smallest absolute Gasteiger partial charge is 0.274 e. The number of hydrogen-bond donors (Lipinski definition) is 2. The van der Waals surface area contributed by atoms with Crippen LogP contribution in [0.5, 0.6) is 0 Å². The van der Waals surface area contributed by atoms with Gasteiger partial charge in [0.25, 0.3) is 5.91 Å². The molecule has 3 aliphatic rings. The van der Waals surface area contributed by atoms with E-state index in [9.17, 15) is 9.90 Å². The monoisotopic (exact) mass is 349 g/mol. The molecule has 0 aromatic carbocycles. The number of nitrogens with zero attached hydrogens (tertiary/aromatic N) is 2. The van der Waals surface area contributed by atoms with Crippen LogP contribution in [0.25, 0.3) is 0 Å². The first kappa shape index (κ1) is 17.0. The van der Waals surface area contributed by atoms with Crippen molar-refractivity contribution in [2.75, 3.05) is 20.2 Å². The number of carbonyl (C=O) groups excluding carboxylic acids is 1. The molecule has 7 nitrogen and oxygen atoms in total. The molecule has 2 unspecified atom stereocenters. The molecule has 2 fully saturated rings. The van der Waals surface area contributed by atoms with E-state index in [1.165, 1.54) is 0 Å². The molecule has 4 atom stereocenters. The lowest BCUT2D eigenvalue weighted by atomic mass is 9.66. The molecule has 25 heavy (non-hydrogen) atoms. The van der Waals surface area contributed by atoms with Crippen LogP contribution in [0, 0.1) is 11.3 Å². The Labute approximate surface area is 147 Å². The first-order valence-corrected chi connectivity index (χ1v) is 9.15. The number of aromatic nitrogens is 1. The lowest BCUT2D eigenvalue weighted by molar-refractivity contribution is -0.0827. The van der Waals surface area contributed by atoms with E-state index in [1.54, 1.807) is 0 Å². The Bertz CT molecular complexity index is 669. The zero-order valence-electron chi connectivity index (χ0n) is 15.1. The molecule has 4 rings (SSSR count). The summed E-state index contributed by atoms with van der Waals surface area (Å²) in [6.45, 7) is 6.38. The Morgan fingerprint density at radius 3 is 2.96 bits per heavy atom. The molecule has 1 amide bonds. The van der Waals surface area contributed by atoms with Gasteiger partial charge in [0.1, 0.15) is 5.76 Å². The normalized spacial score (nSPS) is 35.0. The van der Waals surface area contributed by atoms with Crippen molar-refractivity contribution < 1.29 is 19.2 Å². The van der Waals surface area contributed by atoms with E-state index in [2.05, 4.69) is 36.3 Å². The van der Waals surface area contributed by atoms with Crippen molar-refractivity contribution in [3.05, 3.63) is 17.0 Å². The third-order valence-corrected chi connectivity index (χ3v) is 6.13. The zero-order valence-corrected chi connectivity index (χ0v) is 15.1. The maximum atomic E-state index is 12.7. The van der Waals surface area contributed by atoms with Crippen LogP contribution in [0.2, 0.25) is 0 Å². The maximum Gasteiger partial charge on any atom is 0.274 e. The van der Waals surface area contributed by atoms with Gasteiger partial charge in [-0.3, -0.25) is 4.79 Å². The summed E-state index contributed by atoms with van der Waals surface area (Å²) in [6, 6.07) is 0.219. The first-order chi connectivity index (χ1) is 11.9. The highest BCUT2D eigenvalue weighted by Crippen LogP contribution is 2.52. The van der Waals surface area contributed by atoms with Gasteiger partial charge in [-0.2, -0.15) is 0 Å². The minimum absolute atomic E-state index is 0.104. The Morgan fingerprint density at radius 2 is 2.24 bits per heavy atom. The lowest BCUT2D eigenvalue weighted by Crippen LogP contribution is -2.64. The Kier molecular flexibility index (Phi) is 4.13. The van der Waals surface area contributed by atoms with Gasteiger partial charge in [0.15, 0.2) is 5.69 Å². The highest BCUT2D eigenvalue weighted by atomic mass is 16.5. The number of likely N-dealkylation sites (tertiary alicyclic amines) is 1. The average molecular weight is 349 g/mol. The fraction of sp³-hybridized carbons (Fsp3) is 0.778. The van der Waals surface area contributed by atoms with E-state index in [0.29, 0.717) is 37.3 Å². The van der Waals surface area contributed by atoms with Crippen LogP contribution in [0.1, 0.15) is 48.5 Å². The van der Waals surface area contributed by atoms with Crippen LogP contribution >= 0.6 is 0 Å². The number of ether oxygens (including phenoxy) is 1. The summed E-state index contributed by atoms with van der Waals surface area (Å²) in [5.41, 5.74) is 1.15. The van der Waals surface area contributed by atoms with Crippen LogP contribution in [-0.4, -0.2) is 59.5 Å². The van der Waals surface area contributed by atoms with Crippen molar-refractivity contribution in [2.45, 2.75) is 57.9 Å². The lowest BCUT2D eigenvalue weighted by Gasteiger charge is -2.57. The standard InChI is InChI=1S/C18H27N3O4/c1-10(2)16-18(9-21(16)3)6-12(13(22)7-18)19-17(23)15-11-8-24-5-4-14(11)25-20-15/h10,12-13,16,22H,4-9H2,1-3H3,(H,19,23)/t12-,13-,16?,18?/m1/s1. The van der Waals surface area contributed by atoms with Crippen LogP contribution in [0.15, 0.2) is 4.52 Å². The van der Waals surface area contributed by atoms with Crippen LogP contribution < -0.4 is 5.32 Å². The molecule has 1 aliphatic carbocycles. The molecule has 3 heterocycles. The summed E-state index contributed by atoms with van der Waals surface area (Å²) in [5, 5.41) is 17.5. The number of rotatable bonds is 3. The summed E-state index contributed by atoms with van der Waals surface area (Å²) in [5.74, 6) is 0.991. The Morgan fingerprint density at radius 1 is 1.44 bits per heavy atom. The third kappa shape index (κ3) is 2.69. The van der Waals surface area contributed by atoms with Gasteiger partial charge in [0.2, 0.25) is 0 Å². The summed E-state index contributed by atoms with van der Waals surface area (Å²) in [7, 11) is 2.13. The van der Waals surface area contributed by atoms with Crippen molar-refractivity contribution in [3.63, 3.8) is 0 Å². The number of carbonyl (C=O) groups is 1. The van der Waals surface area contributed by atoms with E-state index < -0.39 is 6.10 Å².